The van der Waals surface area contributed by atoms with Crippen LogP contribution in [0.25, 0.3) is 11.1 Å². The molecule has 6 nitrogen and oxygen atoms in total. The number of cyclic esters (lactones) is 1. The van der Waals surface area contributed by atoms with E-state index in [0.29, 0.717) is 25.8 Å². The predicted octanol–water partition coefficient (Wildman–Crippen LogP) is 5.01. The number of nitrogens with zero attached hydrogens (tertiary/aromatic N) is 2. The number of carbonyl (C=O) groups is 1. The largest absolute Gasteiger partial charge is 0.438 e. The van der Waals surface area contributed by atoms with E-state index in [1.807, 2.05) is 71.8 Å². The third-order valence-electron chi connectivity index (χ3n) is 6.79. The highest BCUT2D eigenvalue weighted by Gasteiger charge is 2.43. The lowest BCUT2D eigenvalue weighted by Crippen LogP contribution is -2.49. The van der Waals surface area contributed by atoms with E-state index in [1.54, 1.807) is 17.7 Å². The number of pyridine rings is 1. The van der Waals surface area contributed by atoms with Gasteiger partial charge in [-0.05, 0) is 47.6 Å². The summed E-state index contributed by atoms with van der Waals surface area (Å²) in [7, 11) is 1.74. The molecule has 1 aliphatic rings. The molecule has 3 aromatic rings. The molecule has 0 bridgehead atoms. The van der Waals surface area contributed by atoms with Crippen molar-refractivity contribution in [1.82, 2.24) is 9.47 Å². The summed E-state index contributed by atoms with van der Waals surface area (Å²) in [5, 5.41) is 9.42. The van der Waals surface area contributed by atoms with Gasteiger partial charge >= 0.3 is 6.09 Å². The summed E-state index contributed by atoms with van der Waals surface area (Å²) in [5.41, 5.74) is 3.27. The van der Waals surface area contributed by atoms with Crippen molar-refractivity contribution in [3.8, 4) is 11.1 Å². The van der Waals surface area contributed by atoms with Gasteiger partial charge in [0.2, 0.25) is 5.56 Å². The number of rotatable bonds is 8. The normalized spacial score (nSPS) is 19.0. The molecule has 1 aromatic heterocycles. The molecular formula is C28H32N2O4. The number of aliphatic hydroxyl groups excluding tert-OH is 1. The fourth-order valence-corrected chi connectivity index (χ4v) is 4.88. The Labute approximate surface area is 200 Å². The Bertz CT molecular complexity index is 1170. The first kappa shape index (κ1) is 23.8. The van der Waals surface area contributed by atoms with Crippen LogP contribution < -0.4 is 5.56 Å². The van der Waals surface area contributed by atoms with E-state index < -0.39 is 5.60 Å². The van der Waals surface area contributed by atoms with Crippen LogP contribution in [-0.4, -0.2) is 33.8 Å². The van der Waals surface area contributed by atoms with Crippen molar-refractivity contribution in [3.05, 3.63) is 94.4 Å². The Morgan fingerprint density at radius 3 is 2.32 bits per heavy atom. The highest BCUT2D eigenvalue weighted by Crippen LogP contribution is 2.41. The smallest absolute Gasteiger partial charge is 0.411 e. The summed E-state index contributed by atoms with van der Waals surface area (Å²) in [6, 6.07) is 21.3. The van der Waals surface area contributed by atoms with Crippen molar-refractivity contribution in [2.75, 3.05) is 13.2 Å². The summed E-state index contributed by atoms with van der Waals surface area (Å²) in [4.78, 5) is 26.8. The average Bonchev–Trinajstić information content (AvgIpc) is 2.87. The SMILES string of the molecule is CC[C@@H](c1ccc(-c2ccc(=O)n(C)c2)cc1)N1CC[C@](CCCO)(c2ccccc2)OC1=O. The van der Waals surface area contributed by atoms with E-state index in [0.717, 1.165) is 28.7 Å². The zero-order valence-corrected chi connectivity index (χ0v) is 19.8. The first-order chi connectivity index (χ1) is 16.5. The van der Waals surface area contributed by atoms with E-state index in [4.69, 9.17) is 4.74 Å². The number of hydrogen-bond donors (Lipinski definition) is 1. The molecule has 4 rings (SSSR count). The maximum absolute atomic E-state index is 13.3. The van der Waals surface area contributed by atoms with Crippen LogP contribution in [0.3, 0.4) is 0 Å². The molecule has 2 atom stereocenters. The van der Waals surface area contributed by atoms with Gasteiger partial charge in [-0.1, -0.05) is 61.5 Å². The maximum Gasteiger partial charge on any atom is 0.411 e. The molecule has 6 heteroatoms. The second-order valence-electron chi connectivity index (χ2n) is 8.91. The summed E-state index contributed by atoms with van der Waals surface area (Å²) in [5.74, 6) is 0. The number of aryl methyl sites for hydroxylation is 1. The molecule has 34 heavy (non-hydrogen) atoms. The van der Waals surface area contributed by atoms with Crippen molar-refractivity contribution in [1.29, 1.82) is 0 Å². The average molecular weight is 461 g/mol. The lowest BCUT2D eigenvalue weighted by Gasteiger charge is -2.44. The van der Waals surface area contributed by atoms with Gasteiger partial charge in [0.25, 0.3) is 0 Å². The number of hydrogen-bond acceptors (Lipinski definition) is 4. The molecule has 2 heterocycles. The molecule has 0 aliphatic carbocycles. The lowest BCUT2D eigenvalue weighted by atomic mass is 9.84. The number of aromatic nitrogens is 1. The van der Waals surface area contributed by atoms with Crippen LogP contribution in [-0.2, 0) is 17.4 Å². The van der Waals surface area contributed by atoms with E-state index >= 15 is 0 Å². The Kier molecular flexibility index (Phi) is 7.17. The summed E-state index contributed by atoms with van der Waals surface area (Å²) >= 11 is 0. The standard InChI is InChI=1S/C28H32N2O4/c1-3-25(22-12-10-21(11-13-22)23-14-15-26(32)29(2)20-23)30-18-17-28(16-7-19-31,34-27(30)33)24-8-5-4-6-9-24/h4-6,8-15,20,25,31H,3,7,16-19H2,1-2H3/t25-,28+/m0/s1. The Balaban J connectivity index is 1.55. The highest BCUT2D eigenvalue weighted by atomic mass is 16.6. The molecular weight excluding hydrogens is 428 g/mol. The first-order valence-electron chi connectivity index (χ1n) is 11.9. The van der Waals surface area contributed by atoms with Gasteiger partial charge in [-0.25, -0.2) is 4.79 Å². The minimum Gasteiger partial charge on any atom is -0.438 e. The number of ether oxygens (including phenoxy) is 1. The number of amides is 1. The zero-order chi connectivity index (χ0) is 24.1. The van der Waals surface area contributed by atoms with Crippen molar-refractivity contribution >= 4 is 6.09 Å². The molecule has 0 spiro atoms. The van der Waals surface area contributed by atoms with Crippen LogP contribution in [0.1, 0.15) is 49.8 Å². The van der Waals surface area contributed by atoms with Gasteiger partial charge in [-0.2, -0.15) is 0 Å². The molecule has 1 amide bonds. The quantitative estimate of drug-likeness (QED) is 0.513. The Morgan fingerprint density at radius 1 is 1.00 bits per heavy atom. The van der Waals surface area contributed by atoms with E-state index in [9.17, 15) is 14.7 Å². The van der Waals surface area contributed by atoms with Gasteiger partial charge in [0.05, 0.1) is 6.04 Å². The van der Waals surface area contributed by atoms with Crippen LogP contribution in [0.2, 0.25) is 0 Å². The third-order valence-corrected chi connectivity index (χ3v) is 6.79. The van der Waals surface area contributed by atoms with E-state index in [1.165, 1.54) is 0 Å². The van der Waals surface area contributed by atoms with Crippen molar-refractivity contribution in [3.63, 3.8) is 0 Å². The Morgan fingerprint density at radius 2 is 1.71 bits per heavy atom. The maximum atomic E-state index is 13.3. The number of aliphatic hydroxyl groups is 1. The number of carbonyl (C=O) groups excluding carboxylic acids is 1. The van der Waals surface area contributed by atoms with Crippen LogP contribution in [0, 0.1) is 0 Å². The van der Waals surface area contributed by atoms with E-state index in [-0.39, 0.29) is 24.3 Å². The number of benzene rings is 2. The van der Waals surface area contributed by atoms with Gasteiger partial charge in [-0.3, -0.25) is 4.79 Å². The molecule has 1 N–H and O–H groups in total. The van der Waals surface area contributed by atoms with Gasteiger partial charge in [-0.15, -0.1) is 0 Å². The minimum absolute atomic E-state index is 0.0411. The highest BCUT2D eigenvalue weighted by molar-refractivity contribution is 5.70. The van der Waals surface area contributed by atoms with Crippen LogP contribution in [0.5, 0.6) is 0 Å². The second kappa shape index (κ2) is 10.3. The first-order valence-corrected chi connectivity index (χ1v) is 11.9. The molecule has 0 saturated carbocycles. The molecule has 1 saturated heterocycles. The summed E-state index contributed by atoms with van der Waals surface area (Å²) in [6.45, 7) is 2.72. The third kappa shape index (κ3) is 4.77. The van der Waals surface area contributed by atoms with Crippen LogP contribution in [0.15, 0.2) is 77.7 Å². The van der Waals surface area contributed by atoms with Gasteiger partial charge < -0.3 is 19.3 Å². The van der Waals surface area contributed by atoms with Crippen molar-refractivity contribution in [2.24, 2.45) is 7.05 Å². The molecule has 178 valence electrons. The van der Waals surface area contributed by atoms with Crippen LogP contribution in [0.4, 0.5) is 4.79 Å². The molecule has 1 fully saturated rings. The fraction of sp³-hybridized carbons (Fsp3) is 0.357. The van der Waals surface area contributed by atoms with E-state index in [2.05, 4.69) is 6.92 Å². The second-order valence-corrected chi connectivity index (χ2v) is 8.91. The summed E-state index contributed by atoms with van der Waals surface area (Å²) in [6.07, 6.45) is 4.12. The van der Waals surface area contributed by atoms with Crippen molar-refractivity contribution < 1.29 is 14.6 Å². The minimum atomic E-state index is -0.705. The monoisotopic (exact) mass is 460 g/mol. The molecule has 2 aromatic carbocycles. The van der Waals surface area contributed by atoms with Gasteiger partial charge in [0.1, 0.15) is 5.60 Å². The zero-order valence-electron chi connectivity index (χ0n) is 19.8. The van der Waals surface area contributed by atoms with Crippen molar-refractivity contribution in [2.45, 2.75) is 44.2 Å². The molecule has 1 aliphatic heterocycles. The van der Waals surface area contributed by atoms with Gasteiger partial charge in [0.15, 0.2) is 0 Å². The topological polar surface area (TPSA) is 71.8 Å². The lowest BCUT2D eigenvalue weighted by molar-refractivity contribution is -0.0697. The molecule has 0 unspecified atom stereocenters. The Hall–Kier alpha value is -3.38. The summed E-state index contributed by atoms with van der Waals surface area (Å²) < 4.78 is 7.71. The van der Waals surface area contributed by atoms with Crippen LogP contribution >= 0.6 is 0 Å². The molecule has 0 radical (unpaired) electrons. The van der Waals surface area contributed by atoms with Gasteiger partial charge in [0, 0.05) is 38.9 Å². The fourth-order valence-electron chi connectivity index (χ4n) is 4.88. The predicted molar refractivity (Wildman–Crippen MR) is 132 cm³/mol.